The van der Waals surface area contributed by atoms with Gasteiger partial charge in [-0.25, -0.2) is 13.4 Å². The molecule has 0 spiro atoms. The molecule has 0 aromatic heterocycles. The molecule has 18 heavy (non-hydrogen) atoms. The number of sulfone groups is 1. The second-order valence-electron chi connectivity index (χ2n) is 3.23. The summed E-state index contributed by atoms with van der Waals surface area (Å²) >= 11 is 21.7. The van der Waals surface area contributed by atoms with Crippen molar-refractivity contribution in [1.82, 2.24) is 0 Å². The Balaban J connectivity index is 3.41. The van der Waals surface area contributed by atoms with Gasteiger partial charge >= 0.3 is 0 Å². The molecule has 0 aliphatic heterocycles. The van der Waals surface area contributed by atoms with Gasteiger partial charge in [-0.05, 0) is 42.3 Å². The second kappa shape index (κ2) is 6.26. The first-order valence-electron chi connectivity index (χ1n) is 4.52. The van der Waals surface area contributed by atoms with Gasteiger partial charge in [-0.1, -0.05) is 40.9 Å². The molecule has 0 N–H and O–H groups in total. The topological polar surface area (TPSA) is 46.5 Å². The van der Waals surface area contributed by atoms with E-state index in [1.807, 2.05) is 6.92 Å². The molecule has 0 heterocycles. The fourth-order valence-electron chi connectivity index (χ4n) is 1.11. The van der Waals surface area contributed by atoms with E-state index in [0.29, 0.717) is 0 Å². The van der Waals surface area contributed by atoms with E-state index < -0.39 is 24.0 Å². The largest absolute Gasteiger partial charge is 0.226 e. The quantitative estimate of drug-likeness (QED) is 0.769. The smallest absolute Gasteiger partial charge is 0.217 e. The summed E-state index contributed by atoms with van der Waals surface area (Å²) in [4.78, 5) is 3.42. The Hall–Kier alpha value is -0.260. The zero-order valence-corrected chi connectivity index (χ0v) is 12.8. The highest BCUT2D eigenvalue weighted by Crippen LogP contribution is 2.28. The molecule has 98 valence electrons. The van der Waals surface area contributed by atoms with E-state index in [2.05, 4.69) is 4.99 Å². The van der Waals surface area contributed by atoms with Crippen molar-refractivity contribution in [3.8, 4) is 0 Å². The van der Waals surface area contributed by atoms with Crippen LogP contribution in [0.1, 0.15) is 5.56 Å². The van der Waals surface area contributed by atoms with Crippen LogP contribution in [0.3, 0.4) is 0 Å². The van der Waals surface area contributed by atoms with Gasteiger partial charge in [-0.15, -0.1) is 0 Å². The Labute approximate surface area is 125 Å². The lowest BCUT2D eigenvalue weighted by Gasteiger charge is -2.05. The SMILES string of the molecule is Cc1ccc(S(=O)(=O)C(N=C(Cl)Cl)=C(Cl)Cl)cc1. The van der Waals surface area contributed by atoms with Gasteiger partial charge in [0.25, 0.3) is 0 Å². The monoisotopic (exact) mass is 345 g/mol. The number of aryl methyl sites for hydroxylation is 1. The first-order valence-corrected chi connectivity index (χ1v) is 7.51. The Bertz CT molecular complexity index is 597. The van der Waals surface area contributed by atoms with Crippen molar-refractivity contribution in [2.75, 3.05) is 0 Å². The first kappa shape index (κ1) is 15.8. The van der Waals surface area contributed by atoms with Gasteiger partial charge in [0.15, 0.2) is 9.66 Å². The fourth-order valence-corrected chi connectivity index (χ4v) is 3.21. The van der Waals surface area contributed by atoms with Gasteiger partial charge in [-0.2, -0.15) is 0 Å². The molecule has 1 rings (SSSR count). The number of rotatable bonds is 3. The van der Waals surface area contributed by atoms with E-state index >= 15 is 0 Å². The molecular weight excluding hydrogens is 340 g/mol. The minimum atomic E-state index is -3.95. The third-order valence-electron chi connectivity index (χ3n) is 1.93. The standard InChI is InChI=1S/C10H7Cl4NO2S/c1-6-2-4-7(5-3-6)18(16,17)9(8(11)12)15-10(13)14/h2-5H,1H3. The lowest BCUT2D eigenvalue weighted by molar-refractivity contribution is 0.601. The summed E-state index contributed by atoms with van der Waals surface area (Å²) in [5.74, 6) is 0. The van der Waals surface area contributed by atoms with Crippen molar-refractivity contribution < 1.29 is 8.42 Å². The highest BCUT2D eigenvalue weighted by Gasteiger charge is 2.23. The maximum absolute atomic E-state index is 12.2. The van der Waals surface area contributed by atoms with Crippen LogP contribution in [0.15, 0.2) is 43.7 Å². The van der Waals surface area contributed by atoms with Gasteiger partial charge in [0.2, 0.25) is 9.84 Å². The molecule has 0 fully saturated rings. The molecule has 8 heteroatoms. The van der Waals surface area contributed by atoms with Gasteiger partial charge in [0, 0.05) is 0 Å². The molecule has 0 atom stereocenters. The van der Waals surface area contributed by atoms with Gasteiger partial charge in [0.1, 0.15) is 4.49 Å². The minimum absolute atomic E-state index is 0.000216. The van der Waals surface area contributed by atoms with Gasteiger partial charge in [0.05, 0.1) is 4.90 Å². The Kier molecular flexibility index (Phi) is 5.49. The molecular formula is C10H7Cl4NO2S. The molecule has 0 saturated carbocycles. The lowest BCUT2D eigenvalue weighted by Crippen LogP contribution is -2.04. The third kappa shape index (κ3) is 3.87. The molecule has 0 bridgehead atoms. The van der Waals surface area contributed by atoms with E-state index in [4.69, 9.17) is 46.4 Å². The predicted octanol–water partition coefficient (Wildman–Crippen LogP) is 4.21. The van der Waals surface area contributed by atoms with Gasteiger partial charge in [-0.3, -0.25) is 0 Å². The Morgan fingerprint density at radius 2 is 1.56 bits per heavy atom. The van der Waals surface area contributed by atoms with Crippen LogP contribution in [0.25, 0.3) is 0 Å². The summed E-state index contributed by atoms with van der Waals surface area (Å²) in [7, 11) is -3.95. The van der Waals surface area contributed by atoms with Crippen molar-refractivity contribution >= 4 is 60.9 Å². The first-order chi connectivity index (χ1) is 8.25. The number of hydrogen-bond acceptors (Lipinski definition) is 3. The highest BCUT2D eigenvalue weighted by atomic mass is 35.5. The zero-order valence-electron chi connectivity index (χ0n) is 8.99. The molecule has 0 saturated heterocycles. The molecule has 0 radical (unpaired) electrons. The summed E-state index contributed by atoms with van der Waals surface area (Å²) in [5, 5.41) is -0.588. The number of aliphatic imine (C=N–C) groups is 1. The Morgan fingerprint density at radius 1 is 1.06 bits per heavy atom. The maximum atomic E-state index is 12.2. The summed E-state index contributed by atoms with van der Waals surface area (Å²) < 4.78 is 23.3. The summed E-state index contributed by atoms with van der Waals surface area (Å²) in [6.45, 7) is 1.83. The maximum Gasteiger partial charge on any atom is 0.226 e. The lowest BCUT2D eigenvalue weighted by atomic mass is 10.2. The molecule has 0 unspecified atom stereocenters. The van der Waals surface area contributed by atoms with E-state index in [1.165, 1.54) is 12.1 Å². The van der Waals surface area contributed by atoms with Crippen LogP contribution in [0.5, 0.6) is 0 Å². The van der Waals surface area contributed by atoms with Crippen LogP contribution in [0.4, 0.5) is 0 Å². The third-order valence-corrected chi connectivity index (χ3v) is 4.38. The van der Waals surface area contributed by atoms with Crippen LogP contribution in [-0.2, 0) is 9.84 Å². The van der Waals surface area contributed by atoms with E-state index in [1.54, 1.807) is 12.1 Å². The molecule has 0 aliphatic carbocycles. The second-order valence-corrected chi connectivity index (χ2v) is 6.96. The average molecular weight is 347 g/mol. The molecule has 1 aromatic rings. The molecule has 1 aromatic carbocycles. The molecule has 0 amide bonds. The zero-order chi connectivity index (χ0) is 13.9. The number of nitrogens with zero attached hydrogens (tertiary/aromatic N) is 1. The van der Waals surface area contributed by atoms with Crippen LogP contribution in [0, 0.1) is 6.92 Å². The summed E-state index contributed by atoms with van der Waals surface area (Å²) in [5.41, 5.74) is 0.912. The van der Waals surface area contributed by atoms with Crippen LogP contribution >= 0.6 is 46.4 Å². The highest BCUT2D eigenvalue weighted by molar-refractivity contribution is 7.95. The average Bonchev–Trinajstić information content (AvgIpc) is 2.25. The van der Waals surface area contributed by atoms with Crippen LogP contribution in [0.2, 0.25) is 0 Å². The van der Waals surface area contributed by atoms with E-state index in [-0.39, 0.29) is 4.90 Å². The fraction of sp³-hybridized carbons (Fsp3) is 0.100. The summed E-state index contributed by atoms with van der Waals surface area (Å²) in [6.07, 6.45) is 0. The van der Waals surface area contributed by atoms with Crippen molar-refractivity contribution in [3.05, 3.63) is 39.3 Å². The van der Waals surface area contributed by atoms with Crippen molar-refractivity contribution in [1.29, 1.82) is 0 Å². The molecule has 3 nitrogen and oxygen atoms in total. The van der Waals surface area contributed by atoms with Crippen molar-refractivity contribution in [2.45, 2.75) is 11.8 Å². The number of hydrogen-bond donors (Lipinski definition) is 0. The minimum Gasteiger partial charge on any atom is -0.217 e. The van der Waals surface area contributed by atoms with E-state index in [0.717, 1.165) is 5.56 Å². The van der Waals surface area contributed by atoms with Crippen LogP contribution in [-0.4, -0.2) is 13.0 Å². The van der Waals surface area contributed by atoms with Crippen molar-refractivity contribution in [2.24, 2.45) is 4.99 Å². The molecule has 0 aliphatic rings. The number of benzene rings is 1. The van der Waals surface area contributed by atoms with E-state index in [9.17, 15) is 8.42 Å². The Morgan fingerprint density at radius 3 is 1.94 bits per heavy atom. The normalized spacial score (nSPS) is 10.9. The summed E-state index contributed by atoms with van der Waals surface area (Å²) in [6, 6.07) is 6.11. The number of halogens is 4. The van der Waals surface area contributed by atoms with Gasteiger partial charge < -0.3 is 0 Å². The predicted molar refractivity (Wildman–Crippen MR) is 76.2 cm³/mol. The van der Waals surface area contributed by atoms with Crippen molar-refractivity contribution in [3.63, 3.8) is 0 Å². The van der Waals surface area contributed by atoms with Crippen LogP contribution < -0.4 is 0 Å².